The fourth-order valence-corrected chi connectivity index (χ4v) is 2.59. The summed E-state index contributed by atoms with van der Waals surface area (Å²) >= 11 is 0. The van der Waals surface area contributed by atoms with Crippen molar-refractivity contribution < 1.29 is 12.8 Å². The molecule has 0 unspecified atom stereocenters. The molecule has 0 fully saturated rings. The molecule has 2 rings (SSSR count). The van der Waals surface area contributed by atoms with Gasteiger partial charge in [0.25, 0.3) is 0 Å². The van der Waals surface area contributed by atoms with Crippen LogP contribution in [0.25, 0.3) is 11.3 Å². The van der Waals surface area contributed by atoms with Gasteiger partial charge in [-0.3, -0.25) is 4.72 Å². The molecule has 0 spiro atoms. The first-order chi connectivity index (χ1) is 11.3. The van der Waals surface area contributed by atoms with Gasteiger partial charge in [-0.2, -0.15) is 5.26 Å². The zero-order valence-corrected chi connectivity index (χ0v) is 14.4. The van der Waals surface area contributed by atoms with Gasteiger partial charge in [-0.1, -0.05) is 13.8 Å². The fourth-order valence-electron chi connectivity index (χ4n) is 2.08. The van der Waals surface area contributed by atoms with Gasteiger partial charge in [0, 0.05) is 5.56 Å². The Labute approximate surface area is 140 Å². The van der Waals surface area contributed by atoms with E-state index in [4.69, 9.17) is 0 Å². The predicted octanol–water partition coefficient (Wildman–Crippen LogP) is 3.04. The maximum atomic E-state index is 13.2. The van der Waals surface area contributed by atoms with E-state index in [0.29, 0.717) is 11.3 Å². The maximum Gasteiger partial charge on any atom is 0.237 e. The summed E-state index contributed by atoms with van der Waals surface area (Å²) in [5, 5.41) is 9.49. The first-order valence-corrected chi connectivity index (χ1v) is 9.01. The number of sulfonamides is 1. The van der Waals surface area contributed by atoms with Crippen molar-refractivity contribution in [2.45, 2.75) is 26.7 Å². The molecular formula is C16H17FN4O2S. The van der Waals surface area contributed by atoms with Crippen LogP contribution in [-0.2, 0) is 10.0 Å². The lowest BCUT2D eigenvalue weighted by atomic mass is 9.99. The van der Waals surface area contributed by atoms with Crippen LogP contribution in [0.15, 0.2) is 24.3 Å². The summed E-state index contributed by atoms with van der Waals surface area (Å²) in [5.41, 5.74) is 1.45. The third kappa shape index (κ3) is 3.86. The zero-order chi connectivity index (χ0) is 17.9. The van der Waals surface area contributed by atoms with Crippen molar-refractivity contribution in [1.29, 1.82) is 5.26 Å². The van der Waals surface area contributed by atoms with Crippen molar-refractivity contribution in [2.75, 3.05) is 10.5 Å². The van der Waals surface area contributed by atoms with Gasteiger partial charge in [-0.25, -0.2) is 22.8 Å². The minimum Gasteiger partial charge on any atom is -0.251 e. The number of nitrogens with one attached hydrogen (secondary N) is 1. The largest absolute Gasteiger partial charge is 0.251 e. The van der Waals surface area contributed by atoms with Gasteiger partial charge in [0.2, 0.25) is 16.0 Å². The lowest BCUT2D eigenvalue weighted by molar-refractivity contribution is 0.602. The predicted molar refractivity (Wildman–Crippen MR) is 89.3 cm³/mol. The number of hydrogen-bond acceptors (Lipinski definition) is 5. The molecule has 0 atom stereocenters. The number of anilines is 1. The Morgan fingerprint density at radius 1 is 1.25 bits per heavy atom. The van der Waals surface area contributed by atoms with Crippen LogP contribution < -0.4 is 4.72 Å². The summed E-state index contributed by atoms with van der Waals surface area (Å²) in [6.07, 6.45) is 0. The van der Waals surface area contributed by atoms with Crippen molar-refractivity contribution in [1.82, 2.24) is 9.97 Å². The summed E-state index contributed by atoms with van der Waals surface area (Å²) in [5.74, 6) is -0.757. The molecule has 0 bridgehead atoms. The third-order valence-corrected chi connectivity index (χ3v) is 4.59. The van der Waals surface area contributed by atoms with E-state index in [1.54, 1.807) is 0 Å². The number of rotatable bonds is 5. The highest BCUT2D eigenvalue weighted by Gasteiger charge is 2.20. The summed E-state index contributed by atoms with van der Waals surface area (Å²) in [6, 6.07) is 7.55. The molecule has 2 aromatic rings. The molecule has 0 aliphatic carbocycles. The molecule has 1 heterocycles. The third-order valence-electron chi connectivity index (χ3n) is 3.34. The van der Waals surface area contributed by atoms with Crippen molar-refractivity contribution in [3.8, 4) is 17.3 Å². The van der Waals surface area contributed by atoms with Crippen molar-refractivity contribution in [3.63, 3.8) is 0 Å². The van der Waals surface area contributed by atoms with Crippen LogP contribution in [-0.4, -0.2) is 24.1 Å². The van der Waals surface area contributed by atoms with Gasteiger partial charge < -0.3 is 0 Å². The highest BCUT2D eigenvalue weighted by molar-refractivity contribution is 7.92. The normalized spacial score (nSPS) is 11.3. The first kappa shape index (κ1) is 17.8. The van der Waals surface area contributed by atoms with Crippen LogP contribution >= 0.6 is 0 Å². The van der Waals surface area contributed by atoms with E-state index >= 15 is 0 Å². The molecule has 1 aromatic heterocycles. The average molecular weight is 348 g/mol. The van der Waals surface area contributed by atoms with Crippen molar-refractivity contribution in [3.05, 3.63) is 41.3 Å². The Bertz CT molecular complexity index is 888. The molecule has 126 valence electrons. The van der Waals surface area contributed by atoms with Gasteiger partial charge in [0.1, 0.15) is 17.4 Å². The molecule has 0 aliphatic heterocycles. The molecule has 0 radical (unpaired) electrons. The topological polar surface area (TPSA) is 95.7 Å². The molecule has 0 saturated heterocycles. The van der Waals surface area contributed by atoms with Crippen LogP contribution in [0.1, 0.15) is 37.9 Å². The molecule has 8 heteroatoms. The minimum atomic E-state index is -3.56. The number of benzene rings is 1. The van der Waals surface area contributed by atoms with Crippen LogP contribution in [0.2, 0.25) is 0 Å². The number of hydrogen-bond donors (Lipinski definition) is 1. The number of halogens is 1. The SMILES string of the molecule is CCS(=O)(=O)Nc1nc(-c2ccc(F)cc2)c(C#N)c(C(C)C)n1. The summed E-state index contributed by atoms with van der Waals surface area (Å²) in [4.78, 5) is 8.36. The summed E-state index contributed by atoms with van der Waals surface area (Å²) in [6.45, 7) is 5.18. The smallest absolute Gasteiger partial charge is 0.237 e. The van der Waals surface area contributed by atoms with Crippen molar-refractivity contribution in [2.24, 2.45) is 0 Å². The van der Waals surface area contributed by atoms with Crippen LogP contribution in [0, 0.1) is 17.1 Å². The second-order valence-electron chi connectivity index (χ2n) is 5.43. The van der Waals surface area contributed by atoms with Crippen LogP contribution in [0.5, 0.6) is 0 Å². The molecule has 0 saturated carbocycles. The van der Waals surface area contributed by atoms with E-state index in [1.165, 1.54) is 31.2 Å². The van der Waals surface area contributed by atoms with Gasteiger partial charge in [0.15, 0.2) is 0 Å². The summed E-state index contributed by atoms with van der Waals surface area (Å²) < 4.78 is 39.0. The van der Waals surface area contributed by atoms with Gasteiger partial charge in [0.05, 0.1) is 17.1 Å². The molecule has 1 aromatic carbocycles. The summed E-state index contributed by atoms with van der Waals surface area (Å²) in [7, 11) is -3.56. The molecule has 24 heavy (non-hydrogen) atoms. The quantitative estimate of drug-likeness (QED) is 0.896. The first-order valence-electron chi connectivity index (χ1n) is 7.35. The Morgan fingerprint density at radius 2 is 1.88 bits per heavy atom. The lowest BCUT2D eigenvalue weighted by Crippen LogP contribution is -2.18. The monoisotopic (exact) mass is 348 g/mol. The molecule has 1 N–H and O–H groups in total. The Balaban J connectivity index is 2.69. The zero-order valence-electron chi connectivity index (χ0n) is 13.5. The van der Waals surface area contributed by atoms with Gasteiger partial charge in [-0.05, 0) is 37.1 Å². The fraction of sp³-hybridized carbons (Fsp3) is 0.312. The van der Waals surface area contributed by atoms with Crippen molar-refractivity contribution >= 4 is 16.0 Å². The van der Waals surface area contributed by atoms with E-state index in [0.717, 1.165) is 0 Å². The van der Waals surface area contributed by atoms with E-state index in [-0.39, 0.29) is 28.9 Å². The Kier molecular flexibility index (Phi) is 5.14. The second-order valence-corrected chi connectivity index (χ2v) is 7.45. The number of aromatic nitrogens is 2. The second kappa shape index (κ2) is 6.93. The number of nitrogens with zero attached hydrogens (tertiary/aromatic N) is 3. The number of nitriles is 1. The maximum absolute atomic E-state index is 13.2. The Morgan fingerprint density at radius 3 is 2.38 bits per heavy atom. The van der Waals surface area contributed by atoms with E-state index < -0.39 is 15.8 Å². The van der Waals surface area contributed by atoms with E-state index in [2.05, 4.69) is 20.8 Å². The highest BCUT2D eigenvalue weighted by Crippen LogP contribution is 2.28. The minimum absolute atomic E-state index is 0.0983. The van der Waals surface area contributed by atoms with Crippen LogP contribution in [0.3, 0.4) is 0 Å². The van der Waals surface area contributed by atoms with E-state index in [9.17, 15) is 18.1 Å². The highest BCUT2D eigenvalue weighted by atomic mass is 32.2. The van der Waals surface area contributed by atoms with Gasteiger partial charge in [-0.15, -0.1) is 0 Å². The average Bonchev–Trinajstić information content (AvgIpc) is 2.54. The van der Waals surface area contributed by atoms with E-state index in [1.807, 2.05) is 13.8 Å². The molecule has 0 amide bonds. The van der Waals surface area contributed by atoms with Crippen LogP contribution in [0.4, 0.5) is 10.3 Å². The van der Waals surface area contributed by atoms with Gasteiger partial charge >= 0.3 is 0 Å². The lowest BCUT2D eigenvalue weighted by Gasteiger charge is -2.14. The molecule has 0 aliphatic rings. The molecular weight excluding hydrogens is 331 g/mol. The Hall–Kier alpha value is -2.53. The molecule has 6 nitrogen and oxygen atoms in total. The standard InChI is InChI=1S/C16H17FN4O2S/c1-4-24(22,23)21-16-19-14(10(2)3)13(9-18)15(20-16)11-5-7-12(17)8-6-11/h5-8,10H,4H2,1-3H3,(H,19,20,21).